The topological polar surface area (TPSA) is 117 Å². The molecule has 0 saturated carbocycles. The second-order valence-corrected chi connectivity index (χ2v) is 3.21. The molecule has 0 bridgehead atoms. The average molecular weight is 227 g/mol. The van der Waals surface area contributed by atoms with Gasteiger partial charge in [-0.15, -0.1) is 0 Å². The van der Waals surface area contributed by atoms with Crippen LogP contribution in [0.5, 0.6) is 5.75 Å². The van der Waals surface area contributed by atoms with Crippen LogP contribution in [0, 0.1) is 0 Å². The first-order valence-electron chi connectivity index (χ1n) is 4.91. The molecule has 0 aliphatic rings. The van der Waals surface area contributed by atoms with Gasteiger partial charge in [0.1, 0.15) is 12.4 Å². The molecule has 1 aromatic carbocycles. The van der Waals surface area contributed by atoms with Crippen LogP contribution in [0.2, 0.25) is 0 Å². The predicted molar refractivity (Wildman–Crippen MR) is 63.1 cm³/mol. The van der Waals surface area contributed by atoms with Gasteiger partial charge in [-0.25, -0.2) is 0 Å². The smallest absolute Gasteiger partial charge is 0.146 e. The Morgan fingerprint density at radius 3 is 2.50 bits per heavy atom. The molecule has 0 atom stereocenters. The van der Waals surface area contributed by atoms with Crippen LogP contribution in [-0.2, 0) is 4.74 Å². The number of rotatable bonds is 6. The molecule has 7 N–H and O–H groups in total. The summed E-state index contributed by atoms with van der Waals surface area (Å²) in [6, 6.07) is 3.18. The average Bonchev–Trinajstić information content (AvgIpc) is 2.24. The monoisotopic (exact) mass is 227 g/mol. The zero-order valence-electron chi connectivity index (χ0n) is 8.98. The molecule has 0 radical (unpaired) electrons. The fourth-order valence-corrected chi connectivity index (χ4v) is 1.17. The number of hydrogen-bond acceptors (Lipinski definition) is 6. The van der Waals surface area contributed by atoms with E-state index in [-0.39, 0.29) is 13.2 Å². The maximum Gasteiger partial charge on any atom is 0.146 e. The molecule has 0 aliphatic carbocycles. The molecule has 6 nitrogen and oxygen atoms in total. The SMILES string of the molecule is Nc1cc(N)c(N)c(OCCOCCO)c1. The molecule has 0 saturated heterocycles. The number of nitrogen functional groups attached to an aromatic ring is 3. The summed E-state index contributed by atoms with van der Waals surface area (Å²) in [6.45, 7) is 0.979. The first-order chi connectivity index (χ1) is 7.65. The lowest BCUT2D eigenvalue weighted by Crippen LogP contribution is -2.10. The van der Waals surface area contributed by atoms with E-state index in [2.05, 4.69) is 0 Å². The van der Waals surface area contributed by atoms with Crippen LogP contribution in [0.25, 0.3) is 0 Å². The third-order valence-electron chi connectivity index (χ3n) is 1.92. The van der Waals surface area contributed by atoms with Crippen molar-refractivity contribution in [2.45, 2.75) is 0 Å². The summed E-state index contributed by atoms with van der Waals surface area (Å²) >= 11 is 0. The summed E-state index contributed by atoms with van der Waals surface area (Å²) in [5, 5.41) is 8.48. The van der Waals surface area contributed by atoms with Gasteiger partial charge in [-0.05, 0) is 6.07 Å². The molecule has 0 unspecified atom stereocenters. The van der Waals surface area contributed by atoms with Gasteiger partial charge < -0.3 is 31.8 Å². The number of aliphatic hydroxyl groups excluding tert-OH is 1. The van der Waals surface area contributed by atoms with E-state index in [4.69, 9.17) is 31.8 Å². The summed E-state index contributed by atoms with van der Waals surface area (Å²) < 4.78 is 10.4. The maximum atomic E-state index is 8.48. The van der Waals surface area contributed by atoms with Crippen LogP contribution in [-0.4, -0.2) is 31.5 Å². The van der Waals surface area contributed by atoms with E-state index in [0.717, 1.165) is 0 Å². The molecule has 0 fully saturated rings. The molecule has 1 rings (SSSR count). The van der Waals surface area contributed by atoms with Gasteiger partial charge in [0.2, 0.25) is 0 Å². The van der Waals surface area contributed by atoms with Crippen molar-refractivity contribution in [3.63, 3.8) is 0 Å². The molecule has 1 aromatic rings. The van der Waals surface area contributed by atoms with Crippen molar-refractivity contribution in [3.05, 3.63) is 12.1 Å². The van der Waals surface area contributed by atoms with E-state index in [9.17, 15) is 0 Å². The van der Waals surface area contributed by atoms with Crippen LogP contribution >= 0.6 is 0 Å². The minimum absolute atomic E-state index is 0.00658. The number of nitrogens with two attached hydrogens (primary N) is 3. The van der Waals surface area contributed by atoms with E-state index in [0.29, 0.717) is 36.0 Å². The summed E-state index contributed by atoms with van der Waals surface area (Å²) in [4.78, 5) is 0. The van der Waals surface area contributed by atoms with E-state index in [1.165, 1.54) is 0 Å². The molecular formula is C10H17N3O3. The van der Waals surface area contributed by atoms with Crippen LogP contribution in [0.3, 0.4) is 0 Å². The lowest BCUT2D eigenvalue weighted by Gasteiger charge is -2.11. The molecule has 16 heavy (non-hydrogen) atoms. The summed E-state index contributed by atoms with van der Waals surface area (Å²) in [5.74, 6) is 0.449. The highest BCUT2D eigenvalue weighted by atomic mass is 16.5. The number of hydrogen-bond donors (Lipinski definition) is 4. The fraction of sp³-hybridized carbons (Fsp3) is 0.400. The quantitative estimate of drug-likeness (QED) is 0.395. The number of anilines is 3. The minimum Gasteiger partial charge on any atom is -0.489 e. The van der Waals surface area contributed by atoms with Gasteiger partial charge >= 0.3 is 0 Å². The zero-order valence-corrected chi connectivity index (χ0v) is 8.98. The van der Waals surface area contributed by atoms with Crippen molar-refractivity contribution in [2.24, 2.45) is 0 Å². The van der Waals surface area contributed by atoms with Gasteiger partial charge in [-0.2, -0.15) is 0 Å². The molecule has 0 spiro atoms. The van der Waals surface area contributed by atoms with Crippen LogP contribution in [0.15, 0.2) is 12.1 Å². The Labute approximate surface area is 93.9 Å². The standard InChI is InChI=1S/C10H17N3O3/c11-7-5-8(12)10(13)9(6-7)16-4-3-15-2-1-14/h5-6,14H,1-4,11-13H2. The van der Waals surface area contributed by atoms with Crippen molar-refractivity contribution in [1.29, 1.82) is 0 Å². The largest absolute Gasteiger partial charge is 0.489 e. The Morgan fingerprint density at radius 1 is 1.06 bits per heavy atom. The van der Waals surface area contributed by atoms with Gasteiger partial charge in [0.15, 0.2) is 0 Å². The molecule has 90 valence electrons. The highest BCUT2D eigenvalue weighted by molar-refractivity contribution is 5.75. The molecule has 0 aromatic heterocycles. The van der Waals surface area contributed by atoms with Crippen molar-refractivity contribution < 1.29 is 14.6 Å². The second-order valence-electron chi connectivity index (χ2n) is 3.21. The third-order valence-corrected chi connectivity index (χ3v) is 1.92. The van der Waals surface area contributed by atoms with Crippen LogP contribution in [0.4, 0.5) is 17.1 Å². The Kier molecular flexibility index (Phi) is 4.68. The fourth-order valence-electron chi connectivity index (χ4n) is 1.17. The Balaban J connectivity index is 2.47. The maximum absolute atomic E-state index is 8.48. The van der Waals surface area contributed by atoms with Crippen LogP contribution < -0.4 is 21.9 Å². The van der Waals surface area contributed by atoms with Gasteiger partial charge in [-0.3, -0.25) is 0 Å². The van der Waals surface area contributed by atoms with Crippen molar-refractivity contribution >= 4 is 17.1 Å². The van der Waals surface area contributed by atoms with E-state index < -0.39 is 0 Å². The van der Waals surface area contributed by atoms with Gasteiger partial charge in [-0.1, -0.05) is 0 Å². The van der Waals surface area contributed by atoms with E-state index in [1.807, 2.05) is 0 Å². The summed E-state index contributed by atoms with van der Waals surface area (Å²) in [5.41, 5.74) is 18.2. The van der Waals surface area contributed by atoms with Gasteiger partial charge in [0.25, 0.3) is 0 Å². The molecule has 0 amide bonds. The van der Waals surface area contributed by atoms with Crippen molar-refractivity contribution in [1.82, 2.24) is 0 Å². The first-order valence-corrected chi connectivity index (χ1v) is 4.91. The van der Waals surface area contributed by atoms with E-state index in [1.54, 1.807) is 12.1 Å². The predicted octanol–water partition coefficient (Wildman–Crippen LogP) is -0.179. The normalized spacial score (nSPS) is 10.3. The Hall–Kier alpha value is -1.66. The van der Waals surface area contributed by atoms with Crippen molar-refractivity contribution in [2.75, 3.05) is 43.6 Å². The highest BCUT2D eigenvalue weighted by Gasteiger charge is 2.05. The molecule has 6 heteroatoms. The molecule has 0 aliphatic heterocycles. The zero-order chi connectivity index (χ0) is 12.0. The Bertz CT molecular complexity index is 344. The second kappa shape index (κ2) is 6.04. The number of benzene rings is 1. The summed E-state index contributed by atoms with van der Waals surface area (Å²) in [7, 11) is 0. The number of aliphatic hydroxyl groups is 1. The lowest BCUT2D eigenvalue weighted by molar-refractivity contribution is 0.0707. The summed E-state index contributed by atoms with van der Waals surface area (Å²) in [6.07, 6.45) is 0. The Morgan fingerprint density at radius 2 is 1.81 bits per heavy atom. The van der Waals surface area contributed by atoms with E-state index >= 15 is 0 Å². The third kappa shape index (κ3) is 3.48. The first kappa shape index (κ1) is 12.4. The van der Waals surface area contributed by atoms with Crippen LogP contribution in [0.1, 0.15) is 0 Å². The van der Waals surface area contributed by atoms with Crippen molar-refractivity contribution in [3.8, 4) is 5.75 Å². The molecule has 0 heterocycles. The lowest BCUT2D eigenvalue weighted by atomic mass is 10.2. The minimum atomic E-state index is -0.00658. The molecular weight excluding hydrogens is 210 g/mol. The number of ether oxygens (including phenoxy) is 2. The highest BCUT2D eigenvalue weighted by Crippen LogP contribution is 2.30. The van der Waals surface area contributed by atoms with Gasteiger partial charge in [0, 0.05) is 11.8 Å². The van der Waals surface area contributed by atoms with Gasteiger partial charge in [0.05, 0.1) is 31.2 Å².